The number of hydrogen-bond donors (Lipinski definition) is 0. The van der Waals surface area contributed by atoms with Crippen LogP contribution in [0.25, 0.3) is 0 Å². The van der Waals surface area contributed by atoms with Gasteiger partial charge in [0.25, 0.3) is 0 Å². The van der Waals surface area contributed by atoms with Gasteiger partial charge in [0.2, 0.25) is 11.8 Å². The van der Waals surface area contributed by atoms with E-state index < -0.39 is 0 Å². The zero-order valence-electron chi connectivity index (χ0n) is 15.6. The molecular formula is C20H31N3O2. The number of hydrazone groups is 1. The van der Waals surface area contributed by atoms with E-state index in [1.807, 2.05) is 12.1 Å². The third-order valence-corrected chi connectivity index (χ3v) is 4.52. The van der Waals surface area contributed by atoms with E-state index in [-0.39, 0.29) is 12.1 Å². The fourth-order valence-corrected chi connectivity index (χ4v) is 3.07. The van der Waals surface area contributed by atoms with Gasteiger partial charge in [-0.15, -0.1) is 5.10 Å². The minimum atomic E-state index is -0.273. The molecule has 0 spiro atoms. The summed E-state index contributed by atoms with van der Waals surface area (Å²) in [6.45, 7) is 3.78. The minimum absolute atomic E-state index is 0.0787. The predicted octanol–water partition coefficient (Wildman–Crippen LogP) is 4.87. The number of hydrogen-bond acceptors (Lipinski definition) is 4. The lowest BCUT2D eigenvalue weighted by molar-refractivity contribution is -0.135. The number of rotatable bonds is 11. The molecule has 0 aliphatic carbocycles. The summed E-state index contributed by atoms with van der Waals surface area (Å²) in [7, 11) is 0. The number of carbonyl (C=O) groups is 1. The molecule has 2 rings (SSSR count). The number of ether oxygens (including phenoxy) is 1. The van der Waals surface area contributed by atoms with Gasteiger partial charge in [-0.1, -0.05) is 58.3 Å². The average Bonchev–Trinajstić information content (AvgIpc) is 3.05. The van der Waals surface area contributed by atoms with Crippen LogP contribution in [0.15, 0.2) is 29.6 Å². The molecule has 1 atom stereocenters. The van der Waals surface area contributed by atoms with Crippen molar-refractivity contribution in [3.63, 3.8) is 0 Å². The topological polar surface area (TPSA) is 54.8 Å². The highest BCUT2D eigenvalue weighted by Crippen LogP contribution is 2.22. The van der Waals surface area contributed by atoms with E-state index in [1.54, 1.807) is 12.4 Å². The lowest BCUT2D eigenvalue weighted by atomic mass is 10.1. The van der Waals surface area contributed by atoms with Crippen molar-refractivity contribution in [2.24, 2.45) is 5.10 Å². The van der Waals surface area contributed by atoms with E-state index in [0.717, 1.165) is 18.4 Å². The van der Waals surface area contributed by atoms with Gasteiger partial charge < -0.3 is 4.74 Å². The van der Waals surface area contributed by atoms with Gasteiger partial charge in [-0.05, 0) is 18.6 Å². The number of carbonyl (C=O) groups excluding carboxylic acids is 1. The van der Waals surface area contributed by atoms with Gasteiger partial charge in [0.05, 0.1) is 0 Å². The Morgan fingerprint density at radius 2 is 1.64 bits per heavy atom. The summed E-state index contributed by atoms with van der Waals surface area (Å²) in [6.07, 6.45) is 15.5. The molecule has 1 aliphatic rings. The summed E-state index contributed by atoms with van der Waals surface area (Å²) >= 11 is 0. The Hall–Kier alpha value is -1.91. The Morgan fingerprint density at radius 1 is 1.04 bits per heavy atom. The SMILES string of the molecule is CCCCCCCCCCCC1OC(c2ccncc2)=NN1C(C)=O. The molecule has 1 unspecified atom stereocenters. The zero-order chi connectivity index (χ0) is 17.9. The fraction of sp³-hybridized carbons (Fsp3) is 0.650. The first-order valence-corrected chi connectivity index (χ1v) is 9.68. The van der Waals surface area contributed by atoms with E-state index in [9.17, 15) is 4.79 Å². The van der Waals surface area contributed by atoms with Crippen molar-refractivity contribution in [1.82, 2.24) is 9.99 Å². The summed E-state index contributed by atoms with van der Waals surface area (Å²) in [5.74, 6) is 0.434. The smallest absolute Gasteiger partial charge is 0.242 e. The largest absolute Gasteiger partial charge is 0.450 e. The van der Waals surface area contributed by atoms with Crippen molar-refractivity contribution in [3.05, 3.63) is 30.1 Å². The maximum Gasteiger partial charge on any atom is 0.242 e. The van der Waals surface area contributed by atoms with Gasteiger partial charge in [0.15, 0.2) is 6.23 Å². The Bertz CT molecular complexity index is 545. The van der Waals surface area contributed by atoms with Gasteiger partial charge in [-0.2, -0.15) is 5.01 Å². The number of unbranched alkanes of at least 4 members (excludes halogenated alkanes) is 8. The van der Waals surface area contributed by atoms with E-state index in [1.165, 1.54) is 63.3 Å². The van der Waals surface area contributed by atoms with E-state index >= 15 is 0 Å². The highest BCUT2D eigenvalue weighted by molar-refractivity contribution is 5.96. The summed E-state index contributed by atoms with van der Waals surface area (Å²) in [5.41, 5.74) is 0.857. The first-order valence-electron chi connectivity index (χ1n) is 9.68. The second-order valence-corrected chi connectivity index (χ2v) is 6.69. The molecule has 2 heterocycles. The van der Waals surface area contributed by atoms with Gasteiger partial charge in [-0.25, -0.2) is 0 Å². The summed E-state index contributed by atoms with van der Waals surface area (Å²) in [4.78, 5) is 15.8. The van der Waals surface area contributed by atoms with Crippen molar-refractivity contribution in [1.29, 1.82) is 0 Å². The molecule has 0 N–H and O–H groups in total. The molecule has 0 fully saturated rings. The van der Waals surface area contributed by atoms with Crippen LogP contribution >= 0.6 is 0 Å². The molecule has 0 bridgehead atoms. The number of nitrogens with zero attached hydrogens (tertiary/aromatic N) is 3. The molecular weight excluding hydrogens is 314 g/mol. The van der Waals surface area contributed by atoms with Crippen LogP contribution < -0.4 is 0 Å². The molecule has 0 saturated carbocycles. The van der Waals surface area contributed by atoms with Crippen molar-refractivity contribution in [3.8, 4) is 0 Å². The van der Waals surface area contributed by atoms with Crippen LogP contribution in [-0.4, -0.2) is 28.0 Å². The Balaban J connectivity index is 1.69. The van der Waals surface area contributed by atoms with Gasteiger partial charge in [0, 0.05) is 31.3 Å². The first kappa shape index (κ1) is 19.4. The fourth-order valence-electron chi connectivity index (χ4n) is 3.07. The molecule has 1 aromatic rings. The number of aromatic nitrogens is 1. The van der Waals surface area contributed by atoms with Crippen LogP contribution in [0.2, 0.25) is 0 Å². The van der Waals surface area contributed by atoms with Crippen LogP contribution in [0.1, 0.15) is 83.6 Å². The molecule has 0 aromatic carbocycles. The summed E-state index contributed by atoms with van der Waals surface area (Å²) in [6, 6.07) is 3.69. The molecule has 0 saturated heterocycles. The molecule has 138 valence electrons. The van der Waals surface area contributed by atoms with Crippen LogP contribution in [0.4, 0.5) is 0 Å². The Labute approximate surface area is 151 Å². The quantitative estimate of drug-likeness (QED) is 0.538. The summed E-state index contributed by atoms with van der Waals surface area (Å²) < 4.78 is 5.92. The number of amides is 1. The van der Waals surface area contributed by atoms with E-state index in [0.29, 0.717) is 5.90 Å². The van der Waals surface area contributed by atoms with Crippen molar-refractivity contribution in [2.75, 3.05) is 0 Å². The van der Waals surface area contributed by atoms with Crippen LogP contribution in [0.5, 0.6) is 0 Å². The molecule has 0 radical (unpaired) electrons. The maximum atomic E-state index is 11.8. The summed E-state index contributed by atoms with van der Waals surface area (Å²) in [5, 5.41) is 5.82. The van der Waals surface area contributed by atoms with Gasteiger partial charge in [-0.3, -0.25) is 9.78 Å². The van der Waals surface area contributed by atoms with E-state index in [4.69, 9.17) is 4.74 Å². The molecule has 1 aliphatic heterocycles. The second kappa shape index (κ2) is 10.9. The maximum absolute atomic E-state index is 11.8. The van der Waals surface area contributed by atoms with Crippen LogP contribution in [-0.2, 0) is 9.53 Å². The molecule has 1 aromatic heterocycles. The Kier molecular flexibility index (Phi) is 8.43. The monoisotopic (exact) mass is 345 g/mol. The average molecular weight is 345 g/mol. The van der Waals surface area contributed by atoms with Crippen molar-refractivity contribution >= 4 is 11.8 Å². The van der Waals surface area contributed by atoms with Gasteiger partial charge >= 0.3 is 0 Å². The number of pyridine rings is 1. The zero-order valence-corrected chi connectivity index (χ0v) is 15.6. The molecule has 1 amide bonds. The third kappa shape index (κ3) is 6.48. The van der Waals surface area contributed by atoms with Crippen molar-refractivity contribution < 1.29 is 9.53 Å². The minimum Gasteiger partial charge on any atom is -0.450 e. The first-order chi connectivity index (χ1) is 12.2. The Morgan fingerprint density at radius 3 is 2.24 bits per heavy atom. The normalized spacial score (nSPS) is 16.6. The predicted molar refractivity (Wildman–Crippen MR) is 100 cm³/mol. The van der Waals surface area contributed by atoms with E-state index in [2.05, 4.69) is 17.0 Å². The van der Waals surface area contributed by atoms with Crippen LogP contribution in [0, 0.1) is 0 Å². The highest BCUT2D eigenvalue weighted by Gasteiger charge is 2.30. The molecule has 25 heavy (non-hydrogen) atoms. The third-order valence-electron chi connectivity index (χ3n) is 4.52. The standard InChI is InChI=1S/C20H31N3O2/c1-3-4-5-6-7-8-9-10-11-12-19-23(17(2)24)22-20(25-19)18-13-15-21-16-14-18/h13-16,19H,3-12H2,1-2H3. The molecule has 5 nitrogen and oxygen atoms in total. The van der Waals surface area contributed by atoms with Crippen LogP contribution in [0.3, 0.4) is 0 Å². The lowest BCUT2D eigenvalue weighted by Gasteiger charge is -2.18. The second-order valence-electron chi connectivity index (χ2n) is 6.69. The molecule has 5 heteroatoms. The van der Waals surface area contributed by atoms with Crippen molar-refractivity contribution in [2.45, 2.75) is 84.3 Å². The highest BCUT2D eigenvalue weighted by atomic mass is 16.5. The lowest BCUT2D eigenvalue weighted by Crippen LogP contribution is -2.32. The van der Waals surface area contributed by atoms with Gasteiger partial charge in [0.1, 0.15) is 0 Å².